The number of nitrogens with zero attached hydrogens (tertiary/aromatic N) is 2. The molecule has 4 N–H and O–H groups in total. The van der Waals surface area contributed by atoms with Gasteiger partial charge in [0.25, 0.3) is 0 Å². The summed E-state index contributed by atoms with van der Waals surface area (Å²) in [6.45, 7) is 0.366. The van der Waals surface area contributed by atoms with Gasteiger partial charge >= 0.3 is 6.03 Å². The molecule has 0 atom stereocenters. The van der Waals surface area contributed by atoms with E-state index in [0.29, 0.717) is 30.8 Å². The molecule has 0 aliphatic heterocycles. The molecular weight excluding hydrogens is 448 g/mol. The van der Waals surface area contributed by atoms with Crippen LogP contribution in [0.1, 0.15) is 31.2 Å². The van der Waals surface area contributed by atoms with Crippen molar-refractivity contribution in [3.8, 4) is 22.6 Å². The molecule has 2 amide bonds. The Morgan fingerprint density at radius 1 is 1.17 bits per heavy atom. The van der Waals surface area contributed by atoms with Gasteiger partial charge in [-0.15, -0.1) is 0 Å². The van der Waals surface area contributed by atoms with E-state index in [0.717, 1.165) is 35.3 Å². The predicted octanol–water partition coefficient (Wildman–Crippen LogP) is 3.79. The van der Waals surface area contributed by atoms with Crippen LogP contribution in [0.15, 0.2) is 54.9 Å². The van der Waals surface area contributed by atoms with Crippen molar-refractivity contribution in [3.05, 3.63) is 60.4 Å². The Hall–Kier alpha value is -3.56. The van der Waals surface area contributed by atoms with Crippen LogP contribution in [-0.4, -0.2) is 63.8 Å². The number of aliphatic hydroxyl groups is 2. The fraction of sp³-hybridized carbons (Fsp3) is 0.385. The van der Waals surface area contributed by atoms with Crippen LogP contribution >= 0.6 is 0 Å². The molecule has 1 aliphatic rings. The van der Waals surface area contributed by atoms with Crippen molar-refractivity contribution < 1.29 is 24.5 Å². The zero-order valence-corrected chi connectivity index (χ0v) is 19.8. The molecule has 1 heterocycles. The van der Waals surface area contributed by atoms with Crippen molar-refractivity contribution in [3.63, 3.8) is 0 Å². The molecule has 2 aromatic carbocycles. The molecule has 186 valence electrons. The molecule has 1 fully saturated rings. The number of rotatable bonds is 9. The van der Waals surface area contributed by atoms with E-state index < -0.39 is 0 Å². The summed E-state index contributed by atoms with van der Waals surface area (Å²) >= 11 is 0. The van der Waals surface area contributed by atoms with E-state index >= 15 is 0 Å². The molecule has 3 aromatic rings. The number of carbonyl (C=O) groups is 1. The molecule has 0 saturated heterocycles. The van der Waals surface area contributed by atoms with Crippen LogP contribution in [0.5, 0.6) is 11.5 Å². The topological polar surface area (TPSA) is 120 Å². The molecule has 1 aromatic heterocycles. The highest BCUT2D eigenvalue weighted by molar-refractivity contribution is 5.92. The Balaban J connectivity index is 1.58. The zero-order chi connectivity index (χ0) is 24.6. The van der Waals surface area contributed by atoms with Gasteiger partial charge in [-0.3, -0.25) is 5.10 Å². The number of anilines is 1. The van der Waals surface area contributed by atoms with E-state index in [2.05, 4.69) is 15.5 Å². The molecule has 9 nitrogen and oxygen atoms in total. The van der Waals surface area contributed by atoms with Gasteiger partial charge in [-0.1, -0.05) is 18.2 Å². The second-order valence-electron chi connectivity index (χ2n) is 8.64. The lowest BCUT2D eigenvalue weighted by Gasteiger charge is -2.36. The first-order valence-electron chi connectivity index (χ1n) is 11.8. The molecule has 0 spiro atoms. The van der Waals surface area contributed by atoms with Crippen molar-refractivity contribution in [2.45, 2.75) is 44.4 Å². The van der Waals surface area contributed by atoms with E-state index in [1.807, 2.05) is 41.3 Å². The van der Waals surface area contributed by atoms with Gasteiger partial charge < -0.3 is 29.9 Å². The van der Waals surface area contributed by atoms with E-state index in [1.165, 1.54) is 0 Å². The van der Waals surface area contributed by atoms with Crippen molar-refractivity contribution in [2.75, 3.05) is 25.6 Å². The van der Waals surface area contributed by atoms with Crippen molar-refractivity contribution in [2.24, 2.45) is 0 Å². The summed E-state index contributed by atoms with van der Waals surface area (Å²) < 4.78 is 11.1. The fourth-order valence-electron chi connectivity index (χ4n) is 4.38. The van der Waals surface area contributed by atoms with E-state index in [1.54, 1.807) is 25.6 Å². The number of amides is 2. The Bertz CT molecular complexity index is 1100. The lowest BCUT2D eigenvalue weighted by Crippen LogP contribution is -2.44. The summed E-state index contributed by atoms with van der Waals surface area (Å²) in [4.78, 5) is 15.4. The van der Waals surface area contributed by atoms with Crippen LogP contribution < -0.4 is 14.8 Å². The maximum absolute atomic E-state index is 13.6. The van der Waals surface area contributed by atoms with Gasteiger partial charge in [0.2, 0.25) is 0 Å². The highest BCUT2D eigenvalue weighted by atomic mass is 16.5. The predicted molar refractivity (Wildman–Crippen MR) is 132 cm³/mol. The number of ether oxygens (including phenoxy) is 2. The van der Waals surface area contributed by atoms with Crippen LogP contribution in [0, 0.1) is 0 Å². The number of nitrogens with one attached hydrogen (secondary N) is 2. The van der Waals surface area contributed by atoms with Crippen molar-refractivity contribution >= 4 is 11.7 Å². The first-order valence-corrected chi connectivity index (χ1v) is 11.8. The SMILES string of the molecule is COc1cccc(CN(C(=O)Nc2ccc(-c3cn[nH]c3)cc2OCCO)C2CCC(O)CC2)c1. The number of H-pyrrole nitrogens is 1. The number of hydrogen-bond acceptors (Lipinski definition) is 6. The molecule has 1 aliphatic carbocycles. The number of hydrogen-bond donors (Lipinski definition) is 4. The van der Waals surface area contributed by atoms with Gasteiger partial charge in [0.15, 0.2) is 0 Å². The number of urea groups is 1. The lowest BCUT2D eigenvalue weighted by atomic mass is 9.92. The number of aromatic amines is 1. The van der Waals surface area contributed by atoms with Crippen molar-refractivity contribution in [1.82, 2.24) is 15.1 Å². The number of carbonyl (C=O) groups excluding carboxylic acids is 1. The first-order chi connectivity index (χ1) is 17.1. The summed E-state index contributed by atoms with van der Waals surface area (Å²) in [7, 11) is 1.62. The number of aliphatic hydroxyl groups excluding tert-OH is 2. The van der Waals surface area contributed by atoms with Gasteiger partial charge in [0.05, 0.1) is 31.7 Å². The second kappa shape index (κ2) is 11.7. The average Bonchev–Trinajstić information content (AvgIpc) is 3.42. The zero-order valence-electron chi connectivity index (χ0n) is 19.8. The highest BCUT2D eigenvalue weighted by Gasteiger charge is 2.29. The van der Waals surface area contributed by atoms with E-state index in [9.17, 15) is 15.0 Å². The third kappa shape index (κ3) is 6.32. The minimum Gasteiger partial charge on any atom is -0.497 e. The maximum atomic E-state index is 13.6. The van der Waals surface area contributed by atoms with Crippen LogP contribution in [0.3, 0.4) is 0 Å². The molecule has 0 unspecified atom stereocenters. The maximum Gasteiger partial charge on any atom is 0.322 e. The number of aromatic nitrogens is 2. The van der Waals surface area contributed by atoms with Gasteiger partial charge in [0, 0.05) is 24.3 Å². The quantitative estimate of drug-likeness (QED) is 0.370. The smallest absolute Gasteiger partial charge is 0.322 e. The van der Waals surface area contributed by atoms with Crippen LogP contribution in [-0.2, 0) is 6.54 Å². The third-order valence-electron chi connectivity index (χ3n) is 6.26. The largest absolute Gasteiger partial charge is 0.497 e. The molecule has 4 rings (SSSR count). The standard InChI is InChI=1S/C26H32N4O5/c1-34-23-4-2-3-18(13-23)17-30(21-6-8-22(32)9-7-21)26(33)29-24-10-5-19(20-15-27-28-16-20)14-25(24)35-12-11-31/h2-5,10,13-16,21-22,31-32H,6-9,11-12,17H2,1H3,(H,27,28)(H,29,33). The number of methoxy groups -OCH3 is 1. The Morgan fingerprint density at radius 2 is 2.00 bits per heavy atom. The molecule has 1 saturated carbocycles. The molecular formula is C26H32N4O5. The second-order valence-corrected chi connectivity index (χ2v) is 8.64. The molecule has 9 heteroatoms. The summed E-state index contributed by atoms with van der Waals surface area (Å²) in [5.74, 6) is 1.20. The summed E-state index contributed by atoms with van der Waals surface area (Å²) in [6, 6.07) is 12.9. The third-order valence-corrected chi connectivity index (χ3v) is 6.26. The van der Waals surface area contributed by atoms with E-state index in [4.69, 9.17) is 9.47 Å². The first kappa shape index (κ1) is 24.6. The highest BCUT2D eigenvalue weighted by Crippen LogP contribution is 2.32. The summed E-state index contributed by atoms with van der Waals surface area (Å²) in [6.07, 6.45) is 5.95. The summed E-state index contributed by atoms with van der Waals surface area (Å²) in [5, 5.41) is 29.0. The minimum atomic E-state index is -0.318. The van der Waals surface area contributed by atoms with Crippen LogP contribution in [0.25, 0.3) is 11.1 Å². The molecule has 0 radical (unpaired) electrons. The van der Waals surface area contributed by atoms with Gasteiger partial charge in [-0.2, -0.15) is 5.10 Å². The van der Waals surface area contributed by atoms with Gasteiger partial charge in [-0.25, -0.2) is 4.79 Å². The Morgan fingerprint density at radius 3 is 2.71 bits per heavy atom. The normalized spacial score (nSPS) is 17.6. The Labute approximate surface area is 204 Å². The van der Waals surface area contributed by atoms with E-state index in [-0.39, 0.29) is 31.4 Å². The monoisotopic (exact) mass is 480 g/mol. The molecule has 35 heavy (non-hydrogen) atoms. The van der Waals surface area contributed by atoms with Crippen molar-refractivity contribution in [1.29, 1.82) is 0 Å². The van der Waals surface area contributed by atoms with Gasteiger partial charge in [-0.05, 0) is 61.1 Å². The minimum absolute atomic E-state index is 0.00313. The van der Waals surface area contributed by atoms with Crippen LogP contribution in [0.2, 0.25) is 0 Å². The Kier molecular flexibility index (Phi) is 8.23. The van der Waals surface area contributed by atoms with Crippen LogP contribution in [0.4, 0.5) is 10.5 Å². The lowest BCUT2D eigenvalue weighted by molar-refractivity contribution is 0.0849. The average molecular weight is 481 g/mol. The fourth-order valence-corrected chi connectivity index (χ4v) is 4.38. The molecule has 0 bridgehead atoms. The van der Waals surface area contributed by atoms with Gasteiger partial charge in [0.1, 0.15) is 18.1 Å². The summed E-state index contributed by atoms with van der Waals surface area (Å²) in [5.41, 5.74) is 3.23. The number of benzene rings is 2.